The van der Waals surface area contributed by atoms with E-state index in [1.165, 1.54) is 6.07 Å². The zero-order valence-electron chi connectivity index (χ0n) is 18.2. The minimum atomic E-state index is -0.262. The van der Waals surface area contributed by atoms with Gasteiger partial charge in [0.2, 0.25) is 0 Å². The van der Waals surface area contributed by atoms with Crippen molar-refractivity contribution in [2.45, 2.75) is 71.4 Å². The van der Waals surface area contributed by atoms with Crippen molar-refractivity contribution in [3.63, 3.8) is 0 Å². The van der Waals surface area contributed by atoms with Crippen LogP contribution < -0.4 is 10.6 Å². The van der Waals surface area contributed by atoms with Crippen LogP contribution >= 0.6 is 0 Å². The molecule has 158 valence electrons. The number of nitrogens with one attached hydrogen (secondary N) is 2. The second kappa shape index (κ2) is 8.93. The van der Waals surface area contributed by atoms with Crippen molar-refractivity contribution in [3.05, 3.63) is 47.3 Å². The van der Waals surface area contributed by atoms with Gasteiger partial charge >= 0.3 is 0 Å². The molecule has 1 aromatic heterocycles. The Bertz CT molecular complexity index is 855. The van der Waals surface area contributed by atoms with E-state index in [4.69, 9.17) is 4.99 Å². The van der Waals surface area contributed by atoms with Crippen LogP contribution in [0.15, 0.2) is 29.3 Å². The van der Waals surface area contributed by atoms with E-state index in [2.05, 4.69) is 55.3 Å². The first-order chi connectivity index (χ1) is 13.8. The molecule has 1 atom stereocenters. The Balaban J connectivity index is 1.68. The number of benzene rings is 1. The van der Waals surface area contributed by atoms with E-state index in [0.717, 1.165) is 49.1 Å². The topological polar surface area (TPSA) is 67.1 Å². The maximum atomic E-state index is 13.6. The monoisotopic (exact) mass is 400 g/mol. The summed E-state index contributed by atoms with van der Waals surface area (Å²) in [6.07, 6.45) is 1.90. The van der Waals surface area contributed by atoms with Crippen LogP contribution in [0.3, 0.4) is 0 Å². The summed E-state index contributed by atoms with van der Waals surface area (Å²) in [4.78, 5) is 9.46. The zero-order chi connectivity index (χ0) is 21.0. The minimum Gasteiger partial charge on any atom is -0.357 e. The van der Waals surface area contributed by atoms with E-state index in [9.17, 15) is 4.39 Å². The molecule has 1 aliphatic rings. The summed E-state index contributed by atoms with van der Waals surface area (Å²) in [5.74, 6) is 2.90. The Hall–Kier alpha value is -2.44. The van der Waals surface area contributed by atoms with Gasteiger partial charge in [-0.3, -0.25) is 4.99 Å². The number of aryl methyl sites for hydroxylation is 1. The van der Waals surface area contributed by atoms with Crippen molar-refractivity contribution in [2.24, 2.45) is 4.99 Å². The molecule has 1 aliphatic heterocycles. The standard InChI is InChI=1S/C22H33FN6/c1-6-24-21(25-14-22(4,5)16-8-7-9-17(23)12-16)26-18-10-11-19-27-20(15(2)3)28-29(19)13-18/h7-9,12,15,18H,6,10-11,13-14H2,1-5H3,(H2,24,25,26). The van der Waals surface area contributed by atoms with Crippen LogP contribution in [-0.4, -0.2) is 39.9 Å². The molecule has 2 aromatic rings. The molecular formula is C22H33FN6. The van der Waals surface area contributed by atoms with Gasteiger partial charge in [0.05, 0.1) is 13.1 Å². The van der Waals surface area contributed by atoms with Gasteiger partial charge in [-0.25, -0.2) is 14.1 Å². The average molecular weight is 401 g/mol. The molecule has 0 bridgehead atoms. The molecule has 0 fully saturated rings. The van der Waals surface area contributed by atoms with Gasteiger partial charge in [0.1, 0.15) is 11.6 Å². The summed E-state index contributed by atoms with van der Waals surface area (Å²) < 4.78 is 15.6. The van der Waals surface area contributed by atoms with Gasteiger partial charge < -0.3 is 10.6 Å². The predicted molar refractivity (Wildman–Crippen MR) is 115 cm³/mol. The van der Waals surface area contributed by atoms with Crippen molar-refractivity contribution < 1.29 is 4.39 Å². The van der Waals surface area contributed by atoms with E-state index < -0.39 is 0 Å². The first kappa shape index (κ1) is 21.3. The number of hydrogen-bond acceptors (Lipinski definition) is 3. The van der Waals surface area contributed by atoms with Crippen LogP contribution in [0, 0.1) is 5.82 Å². The molecule has 7 heteroatoms. The number of hydrogen-bond donors (Lipinski definition) is 2. The third-order valence-electron chi connectivity index (χ3n) is 5.31. The number of nitrogens with zero attached hydrogens (tertiary/aromatic N) is 4. The fourth-order valence-corrected chi connectivity index (χ4v) is 3.48. The Morgan fingerprint density at radius 2 is 2.17 bits per heavy atom. The number of aromatic nitrogens is 3. The van der Waals surface area contributed by atoms with Crippen LogP contribution in [0.1, 0.15) is 64.2 Å². The molecule has 2 N–H and O–H groups in total. The molecule has 0 amide bonds. The number of halogens is 1. The molecule has 1 aromatic carbocycles. The Morgan fingerprint density at radius 3 is 2.86 bits per heavy atom. The lowest BCUT2D eigenvalue weighted by atomic mass is 9.85. The fraction of sp³-hybridized carbons (Fsp3) is 0.591. The first-order valence-corrected chi connectivity index (χ1v) is 10.5. The largest absolute Gasteiger partial charge is 0.357 e. The third kappa shape index (κ3) is 5.34. The van der Waals surface area contributed by atoms with E-state index in [1.807, 2.05) is 10.7 Å². The SMILES string of the molecule is CCNC(=NCC(C)(C)c1cccc(F)c1)NC1CCc2nc(C(C)C)nn2C1. The molecule has 29 heavy (non-hydrogen) atoms. The second-order valence-corrected chi connectivity index (χ2v) is 8.69. The van der Waals surface area contributed by atoms with Crippen molar-refractivity contribution >= 4 is 5.96 Å². The smallest absolute Gasteiger partial charge is 0.191 e. The first-order valence-electron chi connectivity index (χ1n) is 10.5. The normalized spacial score (nSPS) is 17.3. The molecule has 0 saturated carbocycles. The number of fused-ring (bicyclic) bond motifs is 1. The van der Waals surface area contributed by atoms with Crippen molar-refractivity contribution in [3.8, 4) is 0 Å². The van der Waals surface area contributed by atoms with E-state index >= 15 is 0 Å². The highest BCUT2D eigenvalue weighted by molar-refractivity contribution is 5.80. The maximum absolute atomic E-state index is 13.6. The van der Waals surface area contributed by atoms with Crippen molar-refractivity contribution in [1.82, 2.24) is 25.4 Å². The fourth-order valence-electron chi connectivity index (χ4n) is 3.48. The number of rotatable bonds is 6. The van der Waals surface area contributed by atoms with Crippen molar-refractivity contribution in [2.75, 3.05) is 13.1 Å². The summed E-state index contributed by atoms with van der Waals surface area (Å²) in [5, 5.41) is 11.5. The lowest BCUT2D eigenvalue weighted by molar-refractivity contribution is 0.391. The molecule has 2 heterocycles. The summed E-state index contributed by atoms with van der Waals surface area (Å²) in [7, 11) is 0. The van der Waals surface area contributed by atoms with Crippen LogP contribution in [0.5, 0.6) is 0 Å². The van der Waals surface area contributed by atoms with Crippen molar-refractivity contribution in [1.29, 1.82) is 0 Å². The summed E-state index contributed by atoms with van der Waals surface area (Å²) in [6.45, 7) is 12.6. The molecule has 0 radical (unpaired) electrons. The van der Waals surface area contributed by atoms with Crippen LogP contribution in [0.25, 0.3) is 0 Å². The Morgan fingerprint density at radius 1 is 1.38 bits per heavy atom. The van der Waals surface area contributed by atoms with Gasteiger partial charge in [0, 0.05) is 30.3 Å². The lowest BCUT2D eigenvalue weighted by Gasteiger charge is -2.27. The lowest BCUT2D eigenvalue weighted by Crippen LogP contribution is -2.47. The third-order valence-corrected chi connectivity index (χ3v) is 5.31. The highest BCUT2D eigenvalue weighted by atomic mass is 19.1. The molecule has 3 rings (SSSR count). The second-order valence-electron chi connectivity index (χ2n) is 8.69. The van der Waals surface area contributed by atoms with Gasteiger partial charge in [-0.1, -0.05) is 39.8 Å². The van der Waals surface area contributed by atoms with Crippen LogP contribution in [0.4, 0.5) is 4.39 Å². The quantitative estimate of drug-likeness (QED) is 0.576. The van der Waals surface area contributed by atoms with Gasteiger partial charge in [0.15, 0.2) is 11.8 Å². The maximum Gasteiger partial charge on any atom is 0.191 e. The van der Waals surface area contributed by atoms with Gasteiger partial charge in [-0.15, -0.1) is 0 Å². The van der Waals surface area contributed by atoms with Gasteiger partial charge in [-0.05, 0) is 31.0 Å². The molecule has 0 spiro atoms. The van der Waals surface area contributed by atoms with Gasteiger partial charge in [0.25, 0.3) is 0 Å². The summed E-state index contributed by atoms with van der Waals surface area (Å²) in [5.41, 5.74) is 0.686. The molecule has 1 unspecified atom stereocenters. The van der Waals surface area contributed by atoms with E-state index in [0.29, 0.717) is 12.5 Å². The molecule has 0 saturated heterocycles. The average Bonchev–Trinajstić information content (AvgIpc) is 3.10. The van der Waals surface area contributed by atoms with Crippen LogP contribution in [-0.2, 0) is 18.4 Å². The zero-order valence-corrected chi connectivity index (χ0v) is 18.2. The Kier molecular flexibility index (Phi) is 6.55. The highest BCUT2D eigenvalue weighted by Gasteiger charge is 2.24. The summed E-state index contributed by atoms with van der Waals surface area (Å²) >= 11 is 0. The van der Waals surface area contributed by atoms with Gasteiger partial charge in [-0.2, -0.15) is 5.10 Å². The molecular weight excluding hydrogens is 367 g/mol. The van der Waals surface area contributed by atoms with E-state index in [-0.39, 0.29) is 17.3 Å². The summed E-state index contributed by atoms with van der Waals surface area (Å²) in [6, 6.07) is 7.02. The highest BCUT2D eigenvalue weighted by Crippen LogP contribution is 2.24. The molecule has 6 nitrogen and oxygen atoms in total. The molecule has 0 aliphatic carbocycles. The minimum absolute atomic E-state index is 0.212. The number of aliphatic imine (C=N–C) groups is 1. The van der Waals surface area contributed by atoms with Crippen LogP contribution in [0.2, 0.25) is 0 Å². The van der Waals surface area contributed by atoms with E-state index in [1.54, 1.807) is 12.1 Å². The predicted octanol–water partition coefficient (Wildman–Crippen LogP) is 3.39. The number of guanidine groups is 1. The Labute approximate surface area is 173 Å².